The van der Waals surface area contributed by atoms with E-state index in [0.29, 0.717) is 30.5 Å². The molecule has 3 rings (SSSR count). The van der Waals surface area contributed by atoms with Crippen molar-refractivity contribution in [2.75, 3.05) is 33.5 Å². The highest BCUT2D eigenvalue weighted by Crippen LogP contribution is 2.32. The van der Waals surface area contributed by atoms with E-state index >= 15 is 0 Å². The van der Waals surface area contributed by atoms with Crippen molar-refractivity contribution in [3.8, 4) is 11.5 Å². The zero-order valence-corrected chi connectivity index (χ0v) is 16.3. The topological polar surface area (TPSA) is 65.1 Å². The smallest absolute Gasteiger partial charge is 0.293 e. The van der Waals surface area contributed by atoms with Crippen LogP contribution in [0.2, 0.25) is 0 Å². The summed E-state index contributed by atoms with van der Waals surface area (Å²) in [6.07, 6.45) is 1.71. The summed E-state index contributed by atoms with van der Waals surface area (Å²) in [4.78, 5) is 25.8. The molecule has 7 heteroatoms. The van der Waals surface area contributed by atoms with Gasteiger partial charge in [0.1, 0.15) is 24.7 Å². The molecule has 0 bridgehead atoms. The lowest BCUT2D eigenvalue weighted by Crippen LogP contribution is -2.31. The molecule has 0 unspecified atom stereocenters. The van der Waals surface area contributed by atoms with Gasteiger partial charge in [0.2, 0.25) is 0 Å². The quantitative estimate of drug-likeness (QED) is 0.472. The summed E-state index contributed by atoms with van der Waals surface area (Å²) in [5.74, 6) is 1.23. The zero-order valence-electron chi connectivity index (χ0n) is 15.5. The van der Waals surface area contributed by atoms with Gasteiger partial charge in [-0.1, -0.05) is 30.3 Å². The molecule has 6 nitrogen and oxygen atoms in total. The van der Waals surface area contributed by atoms with Gasteiger partial charge in [-0.3, -0.25) is 14.5 Å². The SMILES string of the molecule is COCCN1C(=O)S/C(=C/c2ccc(OCCOc3ccccc3)cc2)C1=O. The first-order chi connectivity index (χ1) is 13.7. The summed E-state index contributed by atoms with van der Waals surface area (Å²) in [5.41, 5.74) is 0.824. The Bertz CT molecular complexity index is 836. The van der Waals surface area contributed by atoms with Gasteiger partial charge in [0.15, 0.2) is 0 Å². The van der Waals surface area contributed by atoms with Crippen LogP contribution in [0.4, 0.5) is 4.79 Å². The number of methoxy groups -OCH3 is 1. The number of carbonyl (C=O) groups is 2. The van der Waals surface area contributed by atoms with Crippen molar-refractivity contribution in [1.29, 1.82) is 0 Å². The summed E-state index contributed by atoms with van der Waals surface area (Å²) in [7, 11) is 1.53. The Morgan fingerprint density at radius 1 is 0.893 bits per heavy atom. The Morgan fingerprint density at radius 3 is 2.18 bits per heavy atom. The number of hydrogen-bond acceptors (Lipinski definition) is 6. The summed E-state index contributed by atoms with van der Waals surface area (Å²) in [6.45, 7) is 1.45. The number of carbonyl (C=O) groups excluding carboxylic acids is 2. The minimum atomic E-state index is -0.287. The van der Waals surface area contributed by atoms with Gasteiger partial charge in [-0.25, -0.2) is 0 Å². The molecule has 146 valence electrons. The third-order valence-electron chi connectivity index (χ3n) is 3.93. The summed E-state index contributed by atoms with van der Waals surface area (Å²) in [6, 6.07) is 16.9. The Hall–Kier alpha value is -2.77. The van der Waals surface area contributed by atoms with Gasteiger partial charge in [-0.15, -0.1) is 0 Å². The highest BCUT2D eigenvalue weighted by molar-refractivity contribution is 8.18. The van der Waals surface area contributed by atoms with Crippen LogP contribution < -0.4 is 9.47 Å². The Kier molecular flexibility index (Phi) is 7.11. The van der Waals surface area contributed by atoms with Crippen molar-refractivity contribution in [3.05, 3.63) is 65.1 Å². The van der Waals surface area contributed by atoms with Crippen LogP contribution in [-0.2, 0) is 9.53 Å². The summed E-state index contributed by atoms with van der Waals surface area (Å²) in [5, 5.41) is -0.272. The van der Waals surface area contributed by atoms with Crippen LogP contribution in [-0.4, -0.2) is 49.5 Å². The Balaban J connectivity index is 1.51. The zero-order chi connectivity index (χ0) is 19.8. The molecule has 2 amide bonds. The Labute approximate surface area is 168 Å². The van der Waals surface area contributed by atoms with E-state index in [-0.39, 0.29) is 17.7 Å². The normalized spacial score (nSPS) is 15.3. The largest absolute Gasteiger partial charge is 0.490 e. The van der Waals surface area contributed by atoms with Crippen LogP contribution in [0, 0.1) is 0 Å². The maximum Gasteiger partial charge on any atom is 0.293 e. The molecule has 0 aliphatic carbocycles. The minimum Gasteiger partial charge on any atom is -0.490 e. The first-order valence-electron chi connectivity index (χ1n) is 8.82. The summed E-state index contributed by atoms with van der Waals surface area (Å²) >= 11 is 0.941. The number of imide groups is 1. The maximum atomic E-state index is 12.3. The van der Waals surface area contributed by atoms with Gasteiger partial charge >= 0.3 is 0 Å². The van der Waals surface area contributed by atoms with E-state index in [1.54, 1.807) is 6.08 Å². The summed E-state index contributed by atoms with van der Waals surface area (Å²) < 4.78 is 16.2. The predicted octanol–water partition coefficient (Wildman–Crippen LogP) is 3.83. The first-order valence-corrected chi connectivity index (χ1v) is 9.64. The minimum absolute atomic E-state index is 0.260. The van der Waals surface area contributed by atoms with Crippen LogP contribution in [0.5, 0.6) is 11.5 Å². The molecule has 2 aromatic rings. The van der Waals surface area contributed by atoms with Crippen molar-refractivity contribution < 1.29 is 23.8 Å². The fourth-order valence-electron chi connectivity index (χ4n) is 2.52. The maximum absolute atomic E-state index is 12.3. The lowest BCUT2D eigenvalue weighted by Gasteiger charge is -2.10. The number of nitrogens with zero attached hydrogens (tertiary/aromatic N) is 1. The van der Waals surface area contributed by atoms with Crippen LogP contribution in [0.1, 0.15) is 5.56 Å². The molecule has 0 atom stereocenters. The molecule has 1 saturated heterocycles. The van der Waals surface area contributed by atoms with E-state index in [2.05, 4.69) is 0 Å². The lowest BCUT2D eigenvalue weighted by atomic mass is 10.2. The molecule has 1 aliphatic rings. The van der Waals surface area contributed by atoms with Crippen molar-refractivity contribution in [3.63, 3.8) is 0 Å². The van der Waals surface area contributed by atoms with E-state index in [1.807, 2.05) is 54.6 Å². The van der Waals surface area contributed by atoms with Gasteiger partial charge in [-0.05, 0) is 47.7 Å². The van der Waals surface area contributed by atoms with Gasteiger partial charge < -0.3 is 14.2 Å². The lowest BCUT2D eigenvalue weighted by molar-refractivity contribution is -0.123. The molecule has 0 spiro atoms. The number of rotatable bonds is 9. The number of benzene rings is 2. The van der Waals surface area contributed by atoms with Crippen molar-refractivity contribution in [1.82, 2.24) is 4.90 Å². The standard InChI is InChI=1S/C21H21NO5S/c1-25-12-11-22-20(23)19(28-21(22)24)15-16-7-9-18(10-8-16)27-14-13-26-17-5-3-2-4-6-17/h2-10,15H,11-14H2,1H3/b19-15+. The molecule has 1 aliphatic heterocycles. The third kappa shape index (κ3) is 5.37. The highest BCUT2D eigenvalue weighted by atomic mass is 32.2. The molecular formula is C21H21NO5S. The van der Waals surface area contributed by atoms with Gasteiger partial charge in [-0.2, -0.15) is 0 Å². The second-order valence-corrected chi connectivity index (χ2v) is 6.90. The average molecular weight is 399 g/mol. The monoisotopic (exact) mass is 399 g/mol. The number of hydrogen-bond donors (Lipinski definition) is 0. The number of amides is 2. The molecule has 1 fully saturated rings. The molecule has 0 aromatic heterocycles. The first kappa shape index (κ1) is 20.0. The molecule has 0 N–H and O–H groups in total. The Morgan fingerprint density at radius 2 is 1.54 bits per heavy atom. The molecular weight excluding hydrogens is 378 g/mol. The second-order valence-electron chi connectivity index (χ2n) is 5.91. The van der Waals surface area contributed by atoms with Gasteiger partial charge in [0.05, 0.1) is 18.1 Å². The van der Waals surface area contributed by atoms with Crippen molar-refractivity contribution in [2.45, 2.75) is 0 Å². The van der Waals surface area contributed by atoms with Crippen LogP contribution in [0.15, 0.2) is 59.5 Å². The number of para-hydroxylation sites is 1. The van der Waals surface area contributed by atoms with Crippen LogP contribution in [0.25, 0.3) is 6.08 Å². The van der Waals surface area contributed by atoms with Crippen LogP contribution >= 0.6 is 11.8 Å². The van der Waals surface area contributed by atoms with E-state index in [9.17, 15) is 9.59 Å². The highest BCUT2D eigenvalue weighted by Gasteiger charge is 2.34. The average Bonchev–Trinajstić information content (AvgIpc) is 2.98. The van der Waals surface area contributed by atoms with Crippen molar-refractivity contribution in [2.24, 2.45) is 0 Å². The molecule has 28 heavy (non-hydrogen) atoms. The second kappa shape index (κ2) is 9.96. The molecule has 1 heterocycles. The van der Waals surface area contributed by atoms with Crippen LogP contribution in [0.3, 0.4) is 0 Å². The molecule has 0 saturated carbocycles. The van der Waals surface area contributed by atoms with E-state index < -0.39 is 0 Å². The van der Waals surface area contributed by atoms with Crippen molar-refractivity contribution >= 4 is 29.0 Å². The van der Waals surface area contributed by atoms with Gasteiger partial charge in [0, 0.05) is 7.11 Å². The fourth-order valence-corrected chi connectivity index (χ4v) is 3.39. The number of thioether (sulfide) groups is 1. The fraction of sp³-hybridized carbons (Fsp3) is 0.238. The van der Waals surface area contributed by atoms with E-state index in [1.165, 1.54) is 12.0 Å². The van der Waals surface area contributed by atoms with E-state index in [4.69, 9.17) is 14.2 Å². The van der Waals surface area contributed by atoms with E-state index in [0.717, 1.165) is 23.1 Å². The predicted molar refractivity (Wildman–Crippen MR) is 108 cm³/mol. The van der Waals surface area contributed by atoms with Gasteiger partial charge in [0.25, 0.3) is 11.1 Å². The molecule has 0 radical (unpaired) electrons. The number of ether oxygens (including phenoxy) is 3. The molecule has 2 aromatic carbocycles. The third-order valence-corrected chi connectivity index (χ3v) is 4.84.